The topological polar surface area (TPSA) is 58.1 Å². The molecule has 1 N–H and O–H groups in total. The van der Waals surface area contributed by atoms with Crippen molar-refractivity contribution in [3.63, 3.8) is 0 Å². The molecule has 0 radical (unpaired) electrons. The molecular formula is C26H32N4O. The fourth-order valence-corrected chi connectivity index (χ4v) is 4.24. The smallest absolute Gasteiger partial charge is 0.226 e. The number of hydrogen-bond acceptors (Lipinski definition) is 4. The summed E-state index contributed by atoms with van der Waals surface area (Å²) in [7, 11) is 0. The maximum atomic E-state index is 12.6. The molecule has 5 heteroatoms. The Labute approximate surface area is 184 Å². The minimum absolute atomic E-state index is 0.0701. The van der Waals surface area contributed by atoms with Crippen molar-refractivity contribution >= 4 is 22.8 Å². The van der Waals surface area contributed by atoms with Gasteiger partial charge in [-0.25, -0.2) is 9.97 Å². The molecule has 1 aromatic heterocycles. The van der Waals surface area contributed by atoms with Crippen molar-refractivity contribution in [3.8, 4) is 0 Å². The summed E-state index contributed by atoms with van der Waals surface area (Å²) in [6.07, 6.45) is 2.54. The number of hydrogen-bond donors (Lipinski definition) is 1. The lowest BCUT2D eigenvalue weighted by atomic mass is 9.96. The molecule has 31 heavy (non-hydrogen) atoms. The SMILES string of the molecule is Cc1ccc(CCNC(=O)C2CCN(c3nc(C)c4cc(C)c(C)cc4n3)CC2)cc1. The Bertz CT molecular complexity index is 1080. The second kappa shape index (κ2) is 9.04. The van der Waals surface area contributed by atoms with Crippen LogP contribution in [0.25, 0.3) is 10.9 Å². The fraction of sp³-hybridized carbons (Fsp3) is 0.423. The number of nitrogens with one attached hydrogen (secondary N) is 1. The van der Waals surface area contributed by atoms with E-state index in [4.69, 9.17) is 9.97 Å². The summed E-state index contributed by atoms with van der Waals surface area (Å²) in [6.45, 7) is 10.7. The Balaban J connectivity index is 1.33. The van der Waals surface area contributed by atoms with Crippen molar-refractivity contribution in [1.29, 1.82) is 0 Å². The predicted molar refractivity (Wildman–Crippen MR) is 127 cm³/mol. The first-order valence-electron chi connectivity index (χ1n) is 11.2. The summed E-state index contributed by atoms with van der Waals surface area (Å²) in [5.74, 6) is 1.03. The number of amides is 1. The van der Waals surface area contributed by atoms with E-state index in [0.717, 1.165) is 54.9 Å². The van der Waals surface area contributed by atoms with E-state index in [2.05, 4.69) is 74.3 Å². The number of aromatic nitrogens is 2. The fourth-order valence-electron chi connectivity index (χ4n) is 4.24. The van der Waals surface area contributed by atoms with Crippen LogP contribution in [0.1, 0.15) is 40.8 Å². The molecule has 0 unspecified atom stereocenters. The van der Waals surface area contributed by atoms with Crippen molar-refractivity contribution in [2.75, 3.05) is 24.5 Å². The van der Waals surface area contributed by atoms with Crippen LogP contribution in [0, 0.1) is 33.6 Å². The van der Waals surface area contributed by atoms with Crippen LogP contribution in [0.15, 0.2) is 36.4 Å². The molecule has 0 atom stereocenters. The average Bonchev–Trinajstić information content (AvgIpc) is 2.76. The van der Waals surface area contributed by atoms with Gasteiger partial charge >= 0.3 is 0 Å². The molecular weight excluding hydrogens is 384 g/mol. The zero-order chi connectivity index (χ0) is 22.0. The zero-order valence-electron chi connectivity index (χ0n) is 19.0. The van der Waals surface area contributed by atoms with Gasteiger partial charge in [-0.2, -0.15) is 0 Å². The van der Waals surface area contributed by atoms with E-state index >= 15 is 0 Å². The third-order valence-electron chi connectivity index (χ3n) is 6.47. The first-order valence-corrected chi connectivity index (χ1v) is 11.2. The number of fused-ring (bicyclic) bond motifs is 1. The van der Waals surface area contributed by atoms with Crippen LogP contribution in [0.5, 0.6) is 0 Å². The minimum Gasteiger partial charge on any atom is -0.356 e. The normalized spacial score (nSPS) is 14.8. The van der Waals surface area contributed by atoms with Crippen molar-refractivity contribution < 1.29 is 4.79 Å². The van der Waals surface area contributed by atoms with Gasteiger partial charge in [0.25, 0.3) is 0 Å². The summed E-state index contributed by atoms with van der Waals surface area (Å²) in [4.78, 5) is 24.4. The van der Waals surface area contributed by atoms with Gasteiger partial charge in [-0.05, 0) is 75.8 Å². The van der Waals surface area contributed by atoms with Crippen LogP contribution in [0.2, 0.25) is 0 Å². The molecule has 1 aliphatic heterocycles. The van der Waals surface area contributed by atoms with E-state index in [0.29, 0.717) is 6.54 Å². The van der Waals surface area contributed by atoms with Gasteiger partial charge in [-0.3, -0.25) is 4.79 Å². The second-order valence-corrected chi connectivity index (χ2v) is 8.85. The highest BCUT2D eigenvalue weighted by atomic mass is 16.1. The van der Waals surface area contributed by atoms with Crippen molar-refractivity contribution in [2.45, 2.75) is 47.0 Å². The van der Waals surface area contributed by atoms with Crippen LogP contribution < -0.4 is 10.2 Å². The Morgan fingerprint density at radius 1 is 1.00 bits per heavy atom. The maximum Gasteiger partial charge on any atom is 0.226 e. The van der Waals surface area contributed by atoms with Crippen molar-refractivity contribution in [1.82, 2.24) is 15.3 Å². The largest absolute Gasteiger partial charge is 0.356 e. The maximum absolute atomic E-state index is 12.6. The summed E-state index contributed by atoms with van der Waals surface area (Å²) < 4.78 is 0. The van der Waals surface area contributed by atoms with Gasteiger partial charge in [0, 0.05) is 30.9 Å². The first-order chi connectivity index (χ1) is 14.9. The van der Waals surface area contributed by atoms with Crippen LogP contribution in [0.4, 0.5) is 5.95 Å². The van der Waals surface area contributed by atoms with Crippen LogP contribution in [-0.2, 0) is 11.2 Å². The molecule has 4 rings (SSSR count). The molecule has 1 saturated heterocycles. The molecule has 3 aromatic rings. The highest BCUT2D eigenvalue weighted by Gasteiger charge is 2.26. The lowest BCUT2D eigenvalue weighted by Crippen LogP contribution is -2.41. The second-order valence-electron chi connectivity index (χ2n) is 8.85. The molecule has 2 heterocycles. The number of aryl methyl sites for hydroxylation is 4. The van der Waals surface area contributed by atoms with Crippen molar-refractivity contribution in [3.05, 3.63) is 64.3 Å². The summed E-state index contributed by atoms with van der Waals surface area (Å²) >= 11 is 0. The van der Waals surface area contributed by atoms with E-state index < -0.39 is 0 Å². The Hall–Kier alpha value is -2.95. The number of piperidine rings is 1. The quantitative estimate of drug-likeness (QED) is 0.668. The summed E-state index contributed by atoms with van der Waals surface area (Å²) in [5, 5.41) is 4.25. The lowest BCUT2D eigenvalue weighted by Gasteiger charge is -2.31. The molecule has 2 aromatic carbocycles. The molecule has 1 aliphatic rings. The minimum atomic E-state index is 0.0701. The van der Waals surface area contributed by atoms with E-state index in [1.165, 1.54) is 22.3 Å². The van der Waals surface area contributed by atoms with Gasteiger partial charge in [-0.1, -0.05) is 29.8 Å². The van der Waals surface area contributed by atoms with E-state index in [1.54, 1.807) is 0 Å². The highest BCUT2D eigenvalue weighted by molar-refractivity contribution is 5.83. The van der Waals surface area contributed by atoms with E-state index in [1.807, 2.05) is 0 Å². The zero-order valence-corrected chi connectivity index (χ0v) is 19.0. The molecule has 0 aliphatic carbocycles. The number of rotatable bonds is 5. The molecule has 0 saturated carbocycles. The number of anilines is 1. The molecule has 5 nitrogen and oxygen atoms in total. The Kier molecular flexibility index (Phi) is 6.21. The van der Waals surface area contributed by atoms with Gasteiger partial charge in [-0.15, -0.1) is 0 Å². The summed E-state index contributed by atoms with van der Waals surface area (Å²) in [5.41, 5.74) is 7.05. The molecule has 1 fully saturated rings. The van der Waals surface area contributed by atoms with Gasteiger partial charge in [0.15, 0.2) is 0 Å². The molecule has 0 bridgehead atoms. The van der Waals surface area contributed by atoms with Gasteiger partial charge in [0.05, 0.1) is 11.2 Å². The summed E-state index contributed by atoms with van der Waals surface area (Å²) in [6, 6.07) is 12.8. The average molecular weight is 417 g/mol. The van der Waals surface area contributed by atoms with Gasteiger partial charge < -0.3 is 10.2 Å². The standard InChI is InChI=1S/C26H32N4O/c1-17-5-7-21(8-6-17)9-12-27-25(31)22-10-13-30(14-11-22)26-28-20(4)23-15-18(2)19(3)16-24(23)29-26/h5-8,15-16,22H,9-14H2,1-4H3,(H,27,31). The van der Waals surface area contributed by atoms with Crippen LogP contribution in [-0.4, -0.2) is 35.5 Å². The molecule has 162 valence electrons. The number of benzene rings is 2. The van der Waals surface area contributed by atoms with Crippen LogP contribution >= 0.6 is 0 Å². The monoisotopic (exact) mass is 416 g/mol. The molecule has 1 amide bonds. The van der Waals surface area contributed by atoms with Crippen LogP contribution in [0.3, 0.4) is 0 Å². The number of carbonyl (C=O) groups is 1. The third-order valence-corrected chi connectivity index (χ3v) is 6.47. The highest BCUT2D eigenvalue weighted by Crippen LogP contribution is 2.26. The van der Waals surface area contributed by atoms with Gasteiger partial charge in [0.2, 0.25) is 11.9 Å². The Morgan fingerprint density at radius 2 is 1.68 bits per heavy atom. The molecule has 0 spiro atoms. The first kappa shape index (κ1) is 21.3. The number of nitrogens with zero attached hydrogens (tertiary/aromatic N) is 3. The van der Waals surface area contributed by atoms with Gasteiger partial charge in [0.1, 0.15) is 0 Å². The van der Waals surface area contributed by atoms with E-state index in [-0.39, 0.29) is 11.8 Å². The predicted octanol–water partition coefficient (Wildman–Crippen LogP) is 4.44. The van der Waals surface area contributed by atoms with Crippen molar-refractivity contribution in [2.24, 2.45) is 5.92 Å². The number of carbonyl (C=O) groups excluding carboxylic acids is 1. The lowest BCUT2D eigenvalue weighted by molar-refractivity contribution is -0.125. The third kappa shape index (κ3) is 4.87. The Morgan fingerprint density at radius 3 is 2.39 bits per heavy atom. The van der Waals surface area contributed by atoms with E-state index in [9.17, 15) is 4.79 Å².